The molecule has 2 aliphatic rings. The molecule has 1 aromatic carbocycles. The van der Waals surface area contributed by atoms with Crippen molar-refractivity contribution in [1.82, 2.24) is 14.5 Å². The van der Waals surface area contributed by atoms with Crippen LogP contribution in [0.3, 0.4) is 0 Å². The fourth-order valence-electron chi connectivity index (χ4n) is 4.61. The highest BCUT2D eigenvalue weighted by Gasteiger charge is 2.43. The van der Waals surface area contributed by atoms with Crippen molar-refractivity contribution >= 4 is 34.8 Å². The molecule has 0 radical (unpaired) electrons. The highest BCUT2D eigenvalue weighted by atomic mass is 35.5. The maximum absolute atomic E-state index is 11.5. The number of halogens is 2. The lowest BCUT2D eigenvalue weighted by atomic mass is 10.1. The molecule has 4 rings (SSSR count). The number of carbonyl (C=O) groups is 1. The minimum Gasteiger partial charge on any atom is -0.491 e. The number of piperazine rings is 1. The standard InChI is InChI=1S/C25H34Cl2N4O4/c1-19(26)13-21(27)14-25(17-29-8-7-28-18-29)34-16-24(35-25)15-33-23-5-3-22(4-6-23)31-11-9-30(10-12-31)20(2)32/h3-8,18-19,21,24H,9-17H2,1-2H3. The molecule has 1 aromatic heterocycles. The first-order valence-electron chi connectivity index (χ1n) is 12.1. The second-order valence-corrected chi connectivity index (χ2v) is 10.7. The summed E-state index contributed by atoms with van der Waals surface area (Å²) in [7, 11) is 0. The number of carbonyl (C=O) groups excluding carboxylic acids is 1. The van der Waals surface area contributed by atoms with E-state index in [9.17, 15) is 4.79 Å². The van der Waals surface area contributed by atoms with Gasteiger partial charge in [-0.15, -0.1) is 23.2 Å². The van der Waals surface area contributed by atoms with Gasteiger partial charge < -0.3 is 28.6 Å². The predicted octanol–water partition coefficient (Wildman–Crippen LogP) is 3.76. The quantitative estimate of drug-likeness (QED) is 0.440. The van der Waals surface area contributed by atoms with Crippen LogP contribution in [0.1, 0.15) is 26.7 Å². The van der Waals surface area contributed by atoms with E-state index in [1.807, 2.05) is 34.7 Å². The fourth-order valence-corrected chi connectivity index (χ4v) is 5.42. The average molecular weight is 525 g/mol. The summed E-state index contributed by atoms with van der Waals surface area (Å²) in [6.45, 7) is 8.01. The maximum Gasteiger partial charge on any atom is 0.219 e. The van der Waals surface area contributed by atoms with Gasteiger partial charge in [0.1, 0.15) is 18.5 Å². The van der Waals surface area contributed by atoms with Crippen molar-refractivity contribution in [2.24, 2.45) is 0 Å². The van der Waals surface area contributed by atoms with Crippen LogP contribution in [0.15, 0.2) is 43.0 Å². The maximum atomic E-state index is 11.5. The number of alkyl halides is 2. The molecule has 2 aromatic rings. The largest absolute Gasteiger partial charge is 0.491 e. The van der Waals surface area contributed by atoms with Crippen LogP contribution in [0, 0.1) is 0 Å². The van der Waals surface area contributed by atoms with Gasteiger partial charge in [-0.3, -0.25) is 4.79 Å². The number of amides is 1. The van der Waals surface area contributed by atoms with Gasteiger partial charge in [-0.2, -0.15) is 0 Å². The van der Waals surface area contributed by atoms with Crippen LogP contribution >= 0.6 is 23.2 Å². The lowest BCUT2D eigenvalue weighted by Crippen LogP contribution is -2.48. The SMILES string of the molecule is CC(=O)N1CCN(c2ccc(OCC3COC(CC(Cl)CC(C)Cl)(Cn4ccnc4)O3)cc2)CC1. The summed E-state index contributed by atoms with van der Waals surface area (Å²) < 4.78 is 20.5. The highest BCUT2D eigenvalue weighted by molar-refractivity contribution is 6.23. The zero-order chi connectivity index (χ0) is 24.8. The van der Waals surface area contributed by atoms with Crippen molar-refractivity contribution in [1.29, 1.82) is 0 Å². The zero-order valence-electron chi connectivity index (χ0n) is 20.3. The topological polar surface area (TPSA) is 69.1 Å². The van der Waals surface area contributed by atoms with E-state index in [-0.39, 0.29) is 22.8 Å². The number of hydrogen-bond acceptors (Lipinski definition) is 6. The van der Waals surface area contributed by atoms with Crippen LogP contribution in [0.25, 0.3) is 0 Å². The summed E-state index contributed by atoms with van der Waals surface area (Å²) in [4.78, 5) is 19.8. The summed E-state index contributed by atoms with van der Waals surface area (Å²) in [5.74, 6) is 0.0625. The molecule has 35 heavy (non-hydrogen) atoms. The molecule has 4 unspecified atom stereocenters. The van der Waals surface area contributed by atoms with Crippen LogP contribution in [0.4, 0.5) is 5.69 Å². The van der Waals surface area contributed by atoms with Gasteiger partial charge in [-0.25, -0.2) is 4.98 Å². The molecule has 4 atom stereocenters. The first-order chi connectivity index (χ1) is 16.8. The van der Waals surface area contributed by atoms with E-state index in [4.69, 9.17) is 37.4 Å². The van der Waals surface area contributed by atoms with E-state index in [0.717, 1.165) is 37.6 Å². The van der Waals surface area contributed by atoms with Gasteiger partial charge in [-0.05, 0) is 37.6 Å². The second kappa shape index (κ2) is 11.8. The Bertz CT molecular complexity index is 935. The van der Waals surface area contributed by atoms with Crippen molar-refractivity contribution in [3.8, 4) is 5.75 Å². The van der Waals surface area contributed by atoms with E-state index in [1.54, 1.807) is 19.4 Å². The Morgan fingerprint density at radius 2 is 1.97 bits per heavy atom. The molecular weight excluding hydrogens is 491 g/mol. The summed E-state index contributed by atoms with van der Waals surface area (Å²) >= 11 is 12.7. The van der Waals surface area contributed by atoms with Crippen LogP contribution in [0.5, 0.6) is 5.75 Å². The Kier molecular flexibility index (Phi) is 8.81. The smallest absolute Gasteiger partial charge is 0.219 e. The highest BCUT2D eigenvalue weighted by Crippen LogP contribution is 2.34. The Morgan fingerprint density at radius 3 is 2.60 bits per heavy atom. The van der Waals surface area contributed by atoms with Gasteiger partial charge in [0.2, 0.25) is 5.91 Å². The van der Waals surface area contributed by atoms with Crippen molar-refractivity contribution in [3.63, 3.8) is 0 Å². The fraction of sp³-hybridized carbons (Fsp3) is 0.600. The van der Waals surface area contributed by atoms with E-state index in [2.05, 4.69) is 22.0 Å². The number of aromatic nitrogens is 2. The summed E-state index contributed by atoms with van der Waals surface area (Å²) in [5, 5.41) is -0.195. The summed E-state index contributed by atoms with van der Waals surface area (Å²) in [5.41, 5.74) is 1.13. The Hall–Kier alpha value is -2.00. The van der Waals surface area contributed by atoms with E-state index in [1.165, 1.54) is 0 Å². The summed E-state index contributed by atoms with van der Waals surface area (Å²) in [6, 6.07) is 8.05. The Labute approximate surface area is 217 Å². The lowest BCUT2D eigenvalue weighted by Gasteiger charge is -2.35. The third kappa shape index (κ3) is 7.26. The van der Waals surface area contributed by atoms with E-state index < -0.39 is 5.79 Å². The summed E-state index contributed by atoms with van der Waals surface area (Å²) in [6.07, 6.45) is 6.33. The van der Waals surface area contributed by atoms with Gasteiger partial charge in [0.25, 0.3) is 0 Å². The molecule has 0 bridgehead atoms. The second-order valence-electron chi connectivity index (χ2n) is 9.31. The molecule has 0 saturated carbocycles. The molecule has 8 nitrogen and oxygen atoms in total. The average Bonchev–Trinajstić information content (AvgIpc) is 3.48. The molecule has 0 aliphatic carbocycles. The molecule has 2 saturated heterocycles. The molecule has 1 amide bonds. The Morgan fingerprint density at radius 1 is 1.23 bits per heavy atom. The monoisotopic (exact) mass is 524 g/mol. The van der Waals surface area contributed by atoms with Crippen molar-refractivity contribution < 1.29 is 19.0 Å². The number of rotatable bonds is 10. The first kappa shape index (κ1) is 26.1. The third-order valence-electron chi connectivity index (χ3n) is 6.37. The molecule has 10 heteroatoms. The number of hydrogen-bond donors (Lipinski definition) is 0. The normalized spacial score (nSPS) is 24.4. The number of anilines is 1. The molecule has 2 fully saturated rings. The Balaban J connectivity index is 1.30. The predicted molar refractivity (Wildman–Crippen MR) is 136 cm³/mol. The molecule has 2 aliphatic heterocycles. The van der Waals surface area contributed by atoms with E-state index >= 15 is 0 Å². The van der Waals surface area contributed by atoms with Crippen LogP contribution in [-0.4, -0.2) is 82.4 Å². The van der Waals surface area contributed by atoms with Gasteiger partial charge >= 0.3 is 0 Å². The third-order valence-corrected chi connectivity index (χ3v) is 6.88. The number of benzene rings is 1. The van der Waals surface area contributed by atoms with Crippen LogP contribution in [-0.2, 0) is 20.8 Å². The minimum absolute atomic E-state index is 0.0238. The van der Waals surface area contributed by atoms with Gasteiger partial charge in [0.15, 0.2) is 5.79 Å². The van der Waals surface area contributed by atoms with Gasteiger partial charge in [-0.1, -0.05) is 0 Å². The molecule has 192 valence electrons. The van der Waals surface area contributed by atoms with Crippen molar-refractivity contribution in [2.75, 3.05) is 44.3 Å². The van der Waals surface area contributed by atoms with Crippen LogP contribution < -0.4 is 9.64 Å². The molecule has 3 heterocycles. The molecule has 0 spiro atoms. The first-order valence-corrected chi connectivity index (χ1v) is 13.0. The molecule has 0 N–H and O–H groups in total. The van der Waals surface area contributed by atoms with Crippen molar-refractivity contribution in [2.45, 2.75) is 55.9 Å². The molecular formula is C25H34Cl2N4O4. The van der Waals surface area contributed by atoms with Crippen LogP contribution in [0.2, 0.25) is 0 Å². The van der Waals surface area contributed by atoms with Gasteiger partial charge in [0, 0.05) is 68.4 Å². The minimum atomic E-state index is -0.848. The number of imidazole rings is 1. The van der Waals surface area contributed by atoms with Crippen molar-refractivity contribution in [3.05, 3.63) is 43.0 Å². The zero-order valence-corrected chi connectivity index (χ0v) is 21.8. The number of nitrogens with zero attached hydrogens (tertiary/aromatic N) is 4. The van der Waals surface area contributed by atoms with Gasteiger partial charge in [0.05, 0.1) is 19.5 Å². The lowest BCUT2D eigenvalue weighted by molar-refractivity contribution is -0.184. The number of ether oxygens (including phenoxy) is 3. The van der Waals surface area contributed by atoms with E-state index in [0.29, 0.717) is 32.6 Å².